The Balaban J connectivity index is 2.65. The van der Waals surface area contributed by atoms with E-state index in [0.717, 1.165) is 5.75 Å². The molecule has 1 rings (SSSR count). The fraction of sp³-hybridized carbons (Fsp3) is 0.357. The van der Waals surface area contributed by atoms with E-state index in [1.54, 1.807) is 45.2 Å². The van der Waals surface area contributed by atoms with Crippen molar-refractivity contribution in [3.05, 3.63) is 24.3 Å². The Bertz CT molecular complexity index is 456. The average Bonchev–Trinajstić information content (AvgIpc) is 2.39. The lowest BCUT2D eigenvalue weighted by molar-refractivity contribution is -0.121. The van der Waals surface area contributed by atoms with Crippen molar-refractivity contribution in [1.29, 1.82) is 0 Å². The maximum Gasteiger partial charge on any atom is 0.230 e. The number of aliphatic hydroxyl groups is 1. The Hall–Kier alpha value is -1.99. The Morgan fingerprint density at radius 3 is 2.50 bits per heavy atom. The van der Waals surface area contributed by atoms with Crippen LogP contribution in [-0.2, 0) is 4.79 Å². The minimum absolute atomic E-state index is 0.268. The zero-order chi connectivity index (χ0) is 13.5. The van der Waals surface area contributed by atoms with E-state index in [1.807, 2.05) is 0 Å². The van der Waals surface area contributed by atoms with Gasteiger partial charge < -0.3 is 15.2 Å². The number of methoxy groups -OCH3 is 1. The molecule has 0 aliphatic rings. The minimum Gasteiger partial charge on any atom is -0.497 e. The summed E-state index contributed by atoms with van der Waals surface area (Å²) < 4.78 is 5.02. The molecule has 0 unspecified atom stereocenters. The molecule has 0 aliphatic carbocycles. The Kier molecular flexibility index (Phi) is 5.22. The molecule has 1 aromatic carbocycles. The van der Waals surface area contributed by atoms with Gasteiger partial charge in [-0.2, -0.15) is 0 Å². The highest BCUT2D eigenvalue weighted by atomic mass is 16.5. The quantitative estimate of drug-likeness (QED) is 0.795. The lowest BCUT2D eigenvalue weighted by Gasteiger charge is -2.14. The highest BCUT2D eigenvalue weighted by Crippen LogP contribution is 2.16. The van der Waals surface area contributed by atoms with Gasteiger partial charge in [-0.05, 0) is 31.2 Å². The van der Waals surface area contributed by atoms with Crippen molar-refractivity contribution in [2.75, 3.05) is 12.4 Å². The second-order valence-electron chi connectivity index (χ2n) is 3.85. The second-order valence-corrected chi connectivity index (χ2v) is 3.85. The summed E-state index contributed by atoms with van der Waals surface area (Å²) >= 11 is 0. The summed E-state index contributed by atoms with van der Waals surface area (Å²) in [5.41, 5.74) is 0.657. The first-order valence-corrected chi connectivity index (χ1v) is 5.63. The van der Waals surface area contributed by atoms with Crippen LogP contribution in [0.1, 0.15) is 13.8 Å². The molecule has 0 fully saturated rings. The molecule has 0 heterocycles. The standard InChI is InChI=1S/C14H17NO3/c1-4-5-13(16)10(2)14(17)15-11-6-8-12(18-3)9-7-11/h6-10,13,16H,1-3H3,(H,15,17)/t10-,13+/m0/s1. The third-order valence-electron chi connectivity index (χ3n) is 2.54. The Morgan fingerprint density at radius 2 is 2.00 bits per heavy atom. The van der Waals surface area contributed by atoms with Crippen molar-refractivity contribution < 1.29 is 14.6 Å². The smallest absolute Gasteiger partial charge is 0.230 e. The van der Waals surface area contributed by atoms with Crippen molar-refractivity contribution >= 4 is 11.6 Å². The molecule has 4 nitrogen and oxygen atoms in total. The van der Waals surface area contributed by atoms with Gasteiger partial charge in [0.2, 0.25) is 5.91 Å². The third kappa shape index (κ3) is 3.79. The molecule has 0 bridgehead atoms. The van der Waals surface area contributed by atoms with E-state index in [0.29, 0.717) is 5.69 Å². The number of anilines is 1. The molecule has 18 heavy (non-hydrogen) atoms. The first-order chi connectivity index (χ1) is 8.58. The zero-order valence-corrected chi connectivity index (χ0v) is 10.7. The number of nitrogens with one attached hydrogen (secondary N) is 1. The van der Waals surface area contributed by atoms with E-state index in [2.05, 4.69) is 17.2 Å². The number of hydrogen-bond donors (Lipinski definition) is 2. The first kappa shape index (κ1) is 14.1. The molecular weight excluding hydrogens is 230 g/mol. The van der Waals surface area contributed by atoms with Crippen LogP contribution in [0.15, 0.2) is 24.3 Å². The fourth-order valence-corrected chi connectivity index (χ4v) is 1.35. The predicted molar refractivity (Wildman–Crippen MR) is 70.2 cm³/mol. The Labute approximate surface area is 107 Å². The van der Waals surface area contributed by atoms with Crippen LogP contribution in [0.25, 0.3) is 0 Å². The highest BCUT2D eigenvalue weighted by molar-refractivity contribution is 5.93. The maximum atomic E-state index is 11.8. The summed E-state index contributed by atoms with van der Waals surface area (Å²) in [6, 6.07) is 6.98. The number of hydrogen-bond acceptors (Lipinski definition) is 3. The normalized spacial score (nSPS) is 12.9. The van der Waals surface area contributed by atoms with E-state index < -0.39 is 12.0 Å². The van der Waals surface area contributed by atoms with E-state index in [9.17, 15) is 9.90 Å². The second kappa shape index (κ2) is 6.67. The molecule has 0 radical (unpaired) electrons. The van der Waals surface area contributed by atoms with Gasteiger partial charge in [-0.15, -0.1) is 5.92 Å². The monoisotopic (exact) mass is 247 g/mol. The van der Waals surface area contributed by atoms with E-state index >= 15 is 0 Å². The molecule has 0 saturated carbocycles. The summed E-state index contributed by atoms with van der Waals surface area (Å²) in [6.07, 6.45) is -0.951. The summed E-state index contributed by atoms with van der Waals surface area (Å²) in [4.78, 5) is 11.8. The summed E-state index contributed by atoms with van der Waals surface area (Å²) in [6.45, 7) is 3.26. The van der Waals surface area contributed by atoms with Crippen LogP contribution in [-0.4, -0.2) is 24.2 Å². The van der Waals surface area contributed by atoms with Gasteiger partial charge in [-0.3, -0.25) is 4.79 Å². The fourth-order valence-electron chi connectivity index (χ4n) is 1.35. The summed E-state index contributed by atoms with van der Waals surface area (Å²) in [7, 11) is 1.58. The van der Waals surface area contributed by atoms with Gasteiger partial charge in [0, 0.05) is 5.69 Å². The van der Waals surface area contributed by atoms with Crippen molar-refractivity contribution in [3.8, 4) is 17.6 Å². The Morgan fingerprint density at radius 1 is 1.39 bits per heavy atom. The molecule has 0 aromatic heterocycles. The molecule has 0 aliphatic heterocycles. The van der Waals surface area contributed by atoms with Gasteiger partial charge in [-0.25, -0.2) is 0 Å². The number of amides is 1. The lowest BCUT2D eigenvalue weighted by Crippen LogP contribution is -2.29. The molecule has 4 heteroatoms. The topological polar surface area (TPSA) is 58.6 Å². The molecule has 2 atom stereocenters. The average molecular weight is 247 g/mol. The molecule has 96 valence electrons. The number of carbonyl (C=O) groups excluding carboxylic acids is 1. The SMILES string of the molecule is CC#C[C@@H](O)[C@H](C)C(=O)Nc1ccc(OC)cc1. The molecule has 2 N–H and O–H groups in total. The summed E-state index contributed by atoms with van der Waals surface area (Å²) in [5.74, 6) is 5.01. The lowest BCUT2D eigenvalue weighted by atomic mass is 10.0. The molecule has 0 saturated heterocycles. The van der Waals surface area contributed by atoms with Crippen molar-refractivity contribution in [2.45, 2.75) is 20.0 Å². The van der Waals surface area contributed by atoms with Gasteiger partial charge >= 0.3 is 0 Å². The van der Waals surface area contributed by atoms with Crippen LogP contribution in [0, 0.1) is 17.8 Å². The minimum atomic E-state index is -0.951. The van der Waals surface area contributed by atoms with Crippen molar-refractivity contribution in [1.82, 2.24) is 0 Å². The first-order valence-electron chi connectivity index (χ1n) is 5.63. The third-order valence-corrected chi connectivity index (χ3v) is 2.54. The van der Waals surface area contributed by atoms with Crippen LogP contribution in [0.4, 0.5) is 5.69 Å². The van der Waals surface area contributed by atoms with Crippen LogP contribution in [0.5, 0.6) is 5.75 Å². The maximum absolute atomic E-state index is 11.8. The van der Waals surface area contributed by atoms with Gasteiger partial charge in [0.05, 0.1) is 13.0 Å². The van der Waals surface area contributed by atoms with Gasteiger partial charge in [0.15, 0.2) is 0 Å². The van der Waals surface area contributed by atoms with Crippen molar-refractivity contribution in [2.24, 2.45) is 5.92 Å². The number of aliphatic hydroxyl groups excluding tert-OH is 1. The van der Waals surface area contributed by atoms with Gasteiger partial charge in [0.1, 0.15) is 11.9 Å². The zero-order valence-electron chi connectivity index (χ0n) is 10.7. The number of rotatable bonds is 4. The van der Waals surface area contributed by atoms with Crippen LogP contribution in [0.3, 0.4) is 0 Å². The van der Waals surface area contributed by atoms with Gasteiger partial charge in [-0.1, -0.05) is 12.8 Å². The van der Waals surface area contributed by atoms with E-state index in [-0.39, 0.29) is 5.91 Å². The number of benzene rings is 1. The molecular formula is C14H17NO3. The number of carbonyl (C=O) groups is 1. The van der Waals surface area contributed by atoms with Crippen LogP contribution >= 0.6 is 0 Å². The summed E-state index contributed by atoms with van der Waals surface area (Å²) in [5, 5.41) is 12.3. The largest absolute Gasteiger partial charge is 0.497 e. The van der Waals surface area contributed by atoms with Crippen LogP contribution in [0.2, 0.25) is 0 Å². The van der Waals surface area contributed by atoms with Crippen molar-refractivity contribution in [3.63, 3.8) is 0 Å². The van der Waals surface area contributed by atoms with Crippen LogP contribution < -0.4 is 10.1 Å². The highest BCUT2D eigenvalue weighted by Gasteiger charge is 2.20. The molecule has 1 aromatic rings. The predicted octanol–water partition coefficient (Wildman–Crippen LogP) is 1.65. The van der Waals surface area contributed by atoms with E-state index in [4.69, 9.17) is 4.74 Å². The number of ether oxygens (including phenoxy) is 1. The molecule has 1 amide bonds. The van der Waals surface area contributed by atoms with Gasteiger partial charge in [0.25, 0.3) is 0 Å². The molecule has 0 spiro atoms. The van der Waals surface area contributed by atoms with E-state index in [1.165, 1.54) is 0 Å².